The van der Waals surface area contributed by atoms with E-state index in [9.17, 15) is 10.2 Å². The number of aromatic nitrogens is 5. The van der Waals surface area contributed by atoms with Crippen molar-refractivity contribution in [2.24, 2.45) is 0 Å². The number of aliphatic hydroxyl groups excluding tert-OH is 2. The Balaban J connectivity index is 0. The molecule has 6 bridgehead atoms. The first kappa shape index (κ1) is 78.3. The topological polar surface area (TPSA) is 340 Å². The number of carboxylic acids is 4. The molecule has 81 heavy (non-hydrogen) atoms. The van der Waals surface area contributed by atoms with Crippen molar-refractivity contribution in [3.05, 3.63) is 70.6 Å². The van der Waals surface area contributed by atoms with Gasteiger partial charge < -0.3 is 92.7 Å². The van der Waals surface area contributed by atoms with Crippen LogP contribution >= 0.6 is 0 Å². The molecule has 5 rings (SSSR count). The summed E-state index contributed by atoms with van der Waals surface area (Å²) >= 11 is 0. The minimum Gasteiger partial charge on any atom is -0.657 e. The molecule has 1 aromatic carbocycles. The molecule has 0 unspecified atom stereocenters. The van der Waals surface area contributed by atoms with Gasteiger partial charge in [0.05, 0.1) is 112 Å². The maximum Gasteiger partial charge on any atom is 3.00 e. The molecule has 1 radical (unpaired) electrons. The molecule has 2 aromatic heterocycles. The Morgan fingerprint density at radius 3 is 1.09 bits per heavy atom. The zero-order chi connectivity index (χ0) is 59.1. The molecule has 3 aromatic rings. The molecule has 2 N–H and O–H groups in total. The van der Waals surface area contributed by atoms with Gasteiger partial charge in [0, 0.05) is 63.4 Å². The van der Waals surface area contributed by atoms with Crippen molar-refractivity contribution in [2.75, 3.05) is 107 Å². The van der Waals surface area contributed by atoms with Crippen LogP contribution in [0.3, 0.4) is 0 Å². The Labute approximate surface area is 519 Å². The third-order valence-corrected chi connectivity index (χ3v) is 10.7. The molecule has 2 aliphatic heterocycles. The number of nitrogens with zero attached hydrogens (tertiary/aromatic N) is 5. The molecule has 0 saturated heterocycles. The number of carbonyl (C=O) groups excluding carboxylic acids is 4. The van der Waals surface area contributed by atoms with Gasteiger partial charge in [0.1, 0.15) is 13.2 Å². The molecular weight excluding hydrogens is 1250 g/mol. The van der Waals surface area contributed by atoms with Crippen LogP contribution in [0.2, 0.25) is 0 Å². The number of methoxy groups -OCH3 is 2. The number of fused-ring (bicyclic) bond motifs is 7. The van der Waals surface area contributed by atoms with Crippen LogP contribution < -0.4 is 34.9 Å². The maximum atomic E-state index is 9.85. The Bertz CT molecular complexity index is 2420. The molecule has 2 aliphatic rings. The molecule has 25 heteroatoms. The average Bonchev–Trinajstić information content (AvgIpc) is 4.03. The van der Waals surface area contributed by atoms with Gasteiger partial charge >= 0.3 is 59.4 Å². The fourth-order valence-electron chi connectivity index (χ4n) is 7.33. The summed E-state index contributed by atoms with van der Waals surface area (Å²) in [6.45, 7) is 17.3. The standard InChI is InChI=1S/C48H66N5O10.4C2H4O2.Gd.Zn/c1-7-35-36(8-2)40-28-42-38(12-10-14-55)34(4)46(53-42)32-50-44-30-48(63-26-24-61-22-20-59-18-16-57-6)47(62-25-23-60-21-19-58-17-15-56-5)29-43(44)49-31-45-33(3)37(11-9-13-54)41(52-45)27-39(35)51-40;4*1-2(3)4;;/h27-32,54-55H,7-26H2,1-6H3;4*1H3,(H,3,4);;/q-1;;;;;+3;+2/p-4. The summed E-state index contributed by atoms with van der Waals surface area (Å²) in [7, 11) is 3.27. The van der Waals surface area contributed by atoms with E-state index in [1.807, 2.05) is 26.0 Å². The number of benzene rings is 1. The second-order valence-corrected chi connectivity index (χ2v) is 16.9. The zero-order valence-corrected chi connectivity index (χ0v) is 53.6. The molecule has 0 spiro atoms. The first-order chi connectivity index (χ1) is 37.8. The average molecular weight is 1330 g/mol. The van der Waals surface area contributed by atoms with Gasteiger partial charge in [0.15, 0.2) is 11.5 Å². The number of carbonyl (C=O) groups is 4. The summed E-state index contributed by atoms with van der Waals surface area (Å²) in [4.78, 5) is 61.0. The number of hydrogen-bond acceptors (Lipinski definition) is 22. The number of aliphatic carboxylic acids is 4. The third-order valence-electron chi connectivity index (χ3n) is 10.7. The Kier molecular flexibility index (Phi) is 45.2. The van der Waals surface area contributed by atoms with Crippen LogP contribution in [-0.2, 0) is 79.9 Å². The molecule has 23 nitrogen and oxygen atoms in total. The van der Waals surface area contributed by atoms with E-state index in [0.29, 0.717) is 126 Å². The van der Waals surface area contributed by atoms with E-state index < -0.39 is 23.9 Å². The van der Waals surface area contributed by atoms with Crippen LogP contribution in [0.5, 0.6) is 11.5 Å². The van der Waals surface area contributed by atoms with E-state index >= 15 is 0 Å². The summed E-state index contributed by atoms with van der Waals surface area (Å²) in [5.41, 5.74) is 12.2. The van der Waals surface area contributed by atoms with Gasteiger partial charge in [0.2, 0.25) is 0 Å². The van der Waals surface area contributed by atoms with Crippen LogP contribution in [-0.4, -0.2) is 161 Å². The summed E-state index contributed by atoms with van der Waals surface area (Å²) in [6.07, 6.45) is 7.61. The van der Waals surface area contributed by atoms with Crippen molar-refractivity contribution in [3.63, 3.8) is 0 Å². The van der Waals surface area contributed by atoms with Crippen molar-refractivity contribution >= 4 is 68.2 Å². The molecular formula is C56H78GdN5O18Zn. The number of rotatable bonds is 28. The SMILES string of the molecule is CC(=O)[O-].CC(=O)[O-].CC(=O)[O-].CC(=O)[O-].CCc1c(CC)c2cc3nc(cnc4cc(OCCOCCOCCOC)c(OCCOCCOCCOC)cc4ncc4nc(cc1[n-]2)C(CCCO)=C4C)C(C)=C3CCCO.[Gd+3].[Zn+2]. The first-order valence-corrected chi connectivity index (χ1v) is 25.7. The number of carboxylic acid groups (broad SMARTS) is 4. The summed E-state index contributed by atoms with van der Waals surface area (Å²) in [6, 6.07) is 7.78. The predicted octanol–water partition coefficient (Wildman–Crippen LogP) is 1.64. The van der Waals surface area contributed by atoms with E-state index in [1.165, 1.54) is 11.1 Å². The van der Waals surface area contributed by atoms with Gasteiger partial charge in [-0.25, -0.2) is 9.97 Å². The Morgan fingerprint density at radius 2 is 0.802 bits per heavy atom. The van der Waals surface area contributed by atoms with Crippen molar-refractivity contribution in [1.29, 1.82) is 0 Å². The van der Waals surface area contributed by atoms with E-state index in [1.54, 1.807) is 26.6 Å². The van der Waals surface area contributed by atoms with E-state index in [-0.39, 0.29) is 85.8 Å². The van der Waals surface area contributed by atoms with Gasteiger partial charge in [-0.1, -0.05) is 37.1 Å². The third kappa shape index (κ3) is 32.6. The summed E-state index contributed by atoms with van der Waals surface area (Å²) in [5, 5.41) is 55.3. The summed E-state index contributed by atoms with van der Waals surface area (Å²) < 4.78 is 45.3. The molecule has 0 amide bonds. The smallest absolute Gasteiger partial charge is 0.657 e. The molecule has 4 heterocycles. The maximum absolute atomic E-state index is 9.85. The number of aryl methyl sites for hydroxylation is 2. The predicted molar refractivity (Wildman–Crippen MR) is 287 cm³/mol. The van der Waals surface area contributed by atoms with Crippen molar-refractivity contribution in [3.8, 4) is 11.5 Å². The first-order valence-electron chi connectivity index (χ1n) is 25.7. The molecule has 0 saturated carbocycles. The van der Waals surface area contributed by atoms with Gasteiger partial charge in [-0.2, -0.15) is 0 Å². The van der Waals surface area contributed by atoms with E-state index in [0.717, 1.165) is 85.3 Å². The minimum atomic E-state index is -1.08. The molecule has 445 valence electrons. The fraction of sp³-hybridized carbons (Fsp3) is 0.536. The fourth-order valence-corrected chi connectivity index (χ4v) is 7.33. The van der Waals surface area contributed by atoms with Crippen LogP contribution in [0, 0.1) is 39.9 Å². The second kappa shape index (κ2) is 46.7. The zero-order valence-electron chi connectivity index (χ0n) is 48.3. The second-order valence-electron chi connectivity index (χ2n) is 16.9. The van der Waals surface area contributed by atoms with Crippen molar-refractivity contribution in [1.82, 2.24) is 24.9 Å². The van der Waals surface area contributed by atoms with Crippen LogP contribution in [0.15, 0.2) is 36.7 Å². The summed E-state index contributed by atoms with van der Waals surface area (Å²) in [5.74, 6) is -3.41. The van der Waals surface area contributed by atoms with Crippen molar-refractivity contribution < 1.29 is 147 Å². The number of aliphatic hydroxyl groups is 2. The van der Waals surface area contributed by atoms with E-state index in [2.05, 4.69) is 26.0 Å². The molecule has 0 fully saturated rings. The van der Waals surface area contributed by atoms with Crippen molar-refractivity contribution in [2.45, 2.75) is 93.9 Å². The molecule has 0 aliphatic carbocycles. The van der Waals surface area contributed by atoms with Crippen LogP contribution in [0.25, 0.3) is 44.4 Å². The van der Waals surface area contributed by atoms with Gasteiger partial charge in [-0.05, 0) is 102 Å². The Hall–Kier alpha value is -4.75. The van der Waals surface area contributed by atoms with Crippen LogP contribution in [0.1, 0.15) is 115 Å². The van der Waals surface area contributed by atoms with Crippen LogP contribution in [0.4, 0.5) is 0 Å². The minimum absolute atomic E-state index is 0. The number of allylic oxidation sites excluding steroid dienone is 4. The number of hydrogen-bond donors (Lipinski definition) is 2. The van der Waals surface area contributed by atoms with Gasteiger partial charge in [0.25, 0.3) is 0 Å². The van der Waals surface area contributed by atoms with Gasteiger partial charge in [-0.3, -0.25) is 9.97 Å². The quantitative estimate of drug-likeness (QED) is 0.0771. The molecule has 0 atom stereocenters. The number of ether oxygens (including phenoxy) is 8. The normalized spacial score (nSPS) is 11.1. The van der Waals surface area contributed by atoms with E-state index in [4.69, 9.17) is 102 Å². The monoisotopic (exact) mass is 1330 g/mol. The van der Waals surface area contributed by atoms with Gasteiger partial charge in [-0.15, -0.1) is 11.0 Å². The largest absolute Gasteiger partial charge is 3.00 e. The Morgan fingerprint density at radius 1 is 0.506 bits per heavy atom.